The molecule has 0 heterocycles. The Morgan fingerprint density at radius 3 is 1.94 bits per heavy atom. The van der Waals surface area contributed by atoms with Crippen molar-refractivity contribution in [2.45, 2.75) is 26.2 Å². The third-order valence-electron chi connectivity index (χ3n) is 6.82. The van der Waals surface area contributed by atoms with Gasteiger partial charge in [-0.05, 0) is 83.4 Å². The Labute approximate surface area is 188 Å². The zero-order chi connectivity index (χ0) is 22.0. The second-order valence-electron chi connectivity index (χ2n) is 9.87. The van der Waals surface area contributed by atoms with Crippen LogP contribution in [0.25, 0.3) is 54.2 Å². The summed E-state index contributed by atoms with van der Waals surface area (Å²) in [5.41, 5.74) is 4.04. The molecule has 6 aromatic carbocycles. The zero-order valence-electron chi connectivity index (χ0n) is 19.0. The Morgan fingerprint density at radius 1 is 0.562 bits per heavy atom. The van der Waals surface area contributed by atoms with E-state index in [4.69, 9.17) is 4.74 Å². The fraction of sp³-hybridized carbons (Fsp3) is 0.161. The van der Waals surface area contributed by atoms with Crippen LogP contribution in [-0.2, 0) is 5.41 Å². The Kier molecular flexibility index (Phi) is 4.01. The zero-order valence-corrected chi connectivity index (χ0v) is 19.0. The van der Waals surface area contributed by atoms with Gasteiger partial charge in [0, 0.05) is 0 Å². The van der Waals surface area contributed by atoms with Crippen LogP contribution in [-0.4, -0.2) is 7.11 Å². The summed E-state index contributed by atoms with van der Waals surface area (Å²) in [5, 5.41) is 10.4. The first-order chi connectivity index (χ1) is 15.4. The molecule has 0 radical (unpaired) electrons. The minimum Gasteiger partial charge on any atom is -0.497 e. The van der Waals surface area contributed by atoms with Crippen molar-refractivity contribution in [2.24, 2.45) is 0 Å². The number of methoxy groups -OCH3 is 1. The second kappa shape index (κ2) is 6.71. The minimum atomic E-state index is 0.128. The average molecular weight is 415 g/mol. The number of rotatable bonds is 2. The summed E-state index contributed by atoms with van der Waals surface area (Å²) in [6, 6.07) is 31.4. The van der Waals surface area contributed by atoms with E-state index in [0.29, 0.717) is 0 Å². The van der Waals surface area contributed by atoms with Gasteiger partial charge in [0.15, 0.2) is 0 Å². The van der Waals surface area contributed by atoms with Crippen LogP contribution in [0.1, 0.15) is 26.3 Å². The van der Waals surface area contributed by atoms with E-state index < -0.39 is 0 Å². The lowest BCUT2D eigenvalue weighted by atomic mass is 9.82. The summed E-state index contributed by atoms with van der Waals surface area (Å²) >= 11 is 0. The standard InChI is InChI=1S/C31H26O/c1-31(2,3)25-16-23-8-5-19-10-13-27(28-14-11-24(17-25)29(23)30(19)28)22-7-6-21-18-26(32-4)12-9-20(21)15-22/h5-18H,1-4H3. The molecule has 0 amide bonds. The topological polar surface area (TPSA) is 9.23 Å². The van der Waals surface area contributed by atoms with Gasteiger partial charge in [-0.3, -0.25) is 0 Å². The summed E-state index contributed by atoms with van der Waals surface area (Å²) in [6.07, 6.45) is 0. The van der Waals surface area contributed by atoms with Crippen molar-refractivity contribution in [1.82, 2.24) is 0 Å². The Morgan fingerprint density at radius 2 is 1.19 bits per heavy atom. The normalized spacial score (nSPS) is 12.4. The molecule has 0 fully saturated rings. The maximum atomic E-state index is 5.39. The molecule has 0 aromatic heterocycles. The average Bonchev–Trinajstić information content (AvgIpc) is 2.80. The van der Waals surface area contributed by atoms with E-state index >= 15 is 0 Å². The van der Waals surface area contributed by atoms with Gasteiger partial charge in [0.25, 0.3) is 0 Å². The van der Waals surface area contributed by atoms with E-state index in [1.807, 2.05) is 6.07 Å². The maximum Gasteiger partial charge on any atom is 0.119 e. The molecule has 0 spiro atoms. The van der Waals surface area contributed by atoms with E-state index in [-0.39, 0.29) is 5.41 Å². The van der Waals surface area contributed by atoms with Gasteiger partial charge in [0.05, 0.1) is 7.11 Å². The Bertz CT molecular complexity index is 1610. The molecular formula is C31H26O. The predicted octanol–water partition coefficient (Wildman–Crippen LogP) is 8.71. The third-order valence-corrected chi connectivity index (χ3v) is 6.82. The molecule has 6 aromatic rings. The van der Waals surface area contributed by atoms with Crippen LogP contribution in [0, 0.1) is 0 Å². The number of hydrogen-bond acceptors (Lipinski definition) is 1. The number of fused-ring (bicyclic) bond motifs is 1. The van der Waals surface area contributed by atoms with E-state index in [2.05, 4.69) is 99.6 Å². The summed E-state index contributed by atoms with van der Waals surface area (Å²) in [6.45, 7) is 6.86. The van der Waals surface area contributed by atoms with Crippen molar-refractivity contribution in [3.05, 3.63) is 90.5 Å². The van der Waals surface area contributed by atoms with Gasteiger partial charge in [-0.15, -0.1) is 0 Å². The summed E-state index contributed by atoms with van der Waals surface area (Å²) in [4.78, 5) is 0. The first kappa shape index (κ1) is 19.1. The molecule has 1 heteroatoms. The molecule has 0 aliphatic heterocycles. The second-order valence-corrected chi connectivity index (χ2v) is 9.87. The van der Waals surface area contributed by atoms with Crippen LogP contribution in [0.3, 0.4) is 0 Å². The highest BCUT2D eigenvalue weighted by Crippen LogP contribution is 2.41. The molecule has 0 saturated carbocycles. The van der Waals surface area contributed by atoms with Gasteiger partial charge >= 0.3 is 0 Å². The molecule has 32 heavy (non-hydrogen) atoms. The van der Waals surface area contributed by atoms with E-state index in [9.17, 15) is 0 Å². The molecule has 1 nitrogen and oxygen atoms in total. The SMILES string of the molecule is COc1ccc2cc(-c3ccc4ccc5cc(C(C)(C)C)cc6ccc3c4c56)ccc2c1. The number of benzene rings is 6. The van der Waals surface area contributed by atoms with Crippen LogP contribution in [0.4, 0.5) is 0 Å². The first-order valence-electron chi connectivity index (χ1n) is 11.2. The van der Waals surface area contributed by atoms with Crippen LogP contribution < -0.4 is 4.74 Å². The predicted molar refractivity (Wildman–Crippen MR) is 138 cm³/mol. The number of hydrogen-bond donors (Lipinski definition) is 0. The largest absolute Gasteiger partial charge is 0.497 e. The smallest absolute Gasteiger partial charge is 0.119 e. The van der Waals surface area contributed by atoms with Gasteiger partial charge in [-0.25, -0.2) is 0 Å². The van der Waals surface area contributed by atoms with E-state index in [1.165, 1.54) is 59.8 Å². The van der Waals surface area contributed by atoms with Crippen molar-refractivity contribution < 1.29 is 4.74 Å². The minimum absolute atomic E-state index is 0.128. The third kappa shape index (κ3) is 2.85. The van der Waals surface area contributed by atoms with Crippen molar-refractivity contribution in [3.63, 3.8) is 0 Å². The maximum absolute atomic E-state index is 5.39. The highest BCUT2D eigenvalue weighted by Gasteiger charge is 2.18. The molecule has 0 unspecified atom stereocenters. The van der Waals surface area contributed by atoms with Crippen LogP contribution >= 0.6 is 0 Å². The molecule has 0 bridgehead atoms. The van der Waals surface area contributed by atoms with Gasteiger partial charge < -0.3 is 4.74 Å². The van der Waals surface area contributed by atoms with Crippen molar-refractivity contribution in [3.8, 4) is 16.9 Å². The van der Waals surface area contributed by atoms with Crippen molar-refractivity contribution in [1.29, 1.82) is 0 Å². The molecule has 0 aliphatic carbocycles. The van der Waals surface area contributed by atoms with Crippen LogP contribution in [0.5, 0.6) is 5.75 Å². The van der Waals surface area contributed by atoms with Crippen molar-refractivity contribution in [2.75, 3.05) is 7.11 Å². The molecule has 0 saturated heterocycles. The Hall–Kier alpha value is -3.58. The molecule has 0 N–H and O–H groups in total. The lowest BCUT2D eigenvalue weighted by Crippen LogP contribution is -2.10. The van der Waals surface area contributed by atoms with Gasteiger partial charge in [0.2, 0.25) is 0 Å². The number of ether oxygens (including phenoxy) is 1. The summed E-state index contributed by atoms with van der Waals surface area (Å²) < 4.78 is 5.39. The molecule has 0 aliphatic rings. The highest BCUT2D eigenvalue weighted by molar-refractivity contribution is 6.25. The molecule has 156 valence electrons. The fourth-order valence-corrected chi connectivity index (χ4v) is 5.02. The summed E-state index contributed by atoms with van der Waals surface area (Å²) in [5.74, 6) is 0.891. The van der Waals surface area contributed by atoms with E-state index in [1.54, 1.807) is 7.11 Å². The van der Waals surface area contributed by atoms with Gasteiger partial charge in [-0.2, -0.15) is 0 Å². The summed E-state index contributed by atoms with van der Waals surface area (Å²) in [7, 11) is 1.71. The monoisotopic (exact) mass is 414 g/mol. The molecule has 0 atom stereocenters. The highest BCUT2D eigenvalue weighted by atomic mass is 16.5. The lowest BCUT2D eigenvalue weighted by molar-refractivity contribution is 0.415. The molecular weight excluding hydrogens is 388 g/mol. The lowest BCUT2D eigenvalue weighted by Gasteiger charge is -2.22. The van der Waals surface area contributed by atoms with Gasteiger partial charge in [-0.1, -0.05) is 87.5 Å². The van der Waals surface area contributed by atoms with Crippen LogP contribution in [0.15, 0.2) is 84.9 Å². The van der Waals surface area contributed by atoms with Crippen LogP contribution in [0.2, 0.25) is 0 Å². The van der Waals surface area contributed by atoms with E-state index in [0.717, 1.165) is 5.75 Å². The molecule has 6 rings (SSSR count). The van der Waals surface area contributed by atoms with Gasteiger partial charge in [0.1, 0.15) is 5.75 Å². The fourth-order valence-electron chi connectivity index (χ4n) is 5.02. The Balaban J connectivity index is 1.63. The quantitative estimate of drug-likeness (QED) is 0.257. The first-order valence-corrected chi connectivity index (χ1v) is 11.2. The van der Waals surface area contributed by atoms with Crippen molar-refractivity contribution >= 4 is 43.1 Å².